The van der Waals surface area contributed by atoms with E-state index in [1.165, 1.54) is 0 Å². The molecule has 0 atom stereocenters. The van der Waals surface area contributed by atoms with Crippen LogP contribution in [0.5, 0.6) is 0 Å². The Morgan fingerprint density at radius 3 is 1.72 bits per heavy atom. The molecule has 4 heteroatoms. The molecule has 0 N–H and O–H groups in total. The first-order valence-electron chi connectivity index (χ1n) is 5.68. The largest absolute Gasteiger partial charge is 0.294 e. The SMILES string of the molecule is CC(C)(C)C=C(Cl)C(Cl)=C(C(=O)C=O)C(C)(C)C. The molecule has 0 spiro atoms. The van der Waals surface area contributed by atoms with Gasteiger partial charge in [0.15, 0.2) is 6.29 Å². The quantitative estimate of drug-likeness (QED) is 0.333. The first kappa shape index (κ1) is 17.4. The highest BCUT2D eigenvalue weighted by molar-refractivity contribution is 6.47. The molecule has 0 aliphatic rings. The second-order valence-electron chi connectivity index (χ2n) is 6.28. The van der Waals surface area contributed by atoms with Crippen LogP contribution in [0.4, 0.5) is 0 Å². The zero-order chi connectivity index (χ0) is 14.7. The van der Waals surface area contributed by atoms with Crippen LogP contribution in [0.3, 0.4) is 0 Å². The summed E-state index contributed by atoms with van der Waals surface area (Å²) in [7, 11) is 0. The second-order valence-corrected chi connectivity index (χ2v) is 7.06. The van der Waals surface area contributed by atoms with Gasteiger partial charge >= 0.3 is 0 Å². The zero-order valence-electron chi connectivity index (χ0n) is 11.7. The average molecular weight is 291 g/mol. The number of Topliss-reactive ketones (excluding diaryl/α,β-unsaturated/α-hetero) is 1. The fourth-order valence-corrected chi connectivity index (χ4v) is 2.28. The van der Waals surface area contributed by atoms with Crippen LogP contribution < -0.4 is 0 Å². The molecular formula is C14H20Cl2O2. The van der Waals surface area contributed by atoms with E-state index in [2.05, 4.69) is 0 Å². The molecule has 0 aliphatic heterocycles. The number of carbonyl (C=O) groups excluding carboxylic acids is 2. The van der Waals surface area contributed by atoms with Crippen LogP contribution in [0.2, 0.25) is 0 Å². The van der Waals surface area contributed by atoms with E-state index in [9.17, 15) is 9.59 Å². The fraction of sp³-hybridized carbons (Fsp3) is 0.571. The van der Waals surface area contributed by atoms with Gasteiger partial charge in [-0.15, -0.1) is 0 Å². The Morgan fingerprint density at radius 1 is 1.00 bits per heavy atom. The zero-order valence-corrected chi connectivity index (χ0v) is 13.2. The molecule has 0 amide bonds. The predicted molar refractivity (Wildman–Crippen MR) is 76.8 cm³/mol. The molecular weight excluding hydrogens is 271 g/mol. The third kappa shape index (κ3) is 5.36. The topological polar surface area (TPSA) is 34.1 Å². The van der Waals surface area contributed by atoms with Gasteiger partial charge in [-0.2, -0.15) is 0 Å². The first-order valence-corrected chi connectivity index (χ1v) is 6.44. The lowest BCUT2D eigenvalue weighted by atomic mass is 9.83. The summed E-state index contributed by atoms with van der Waals surface area (Å²) < 4.78 is 0. The maximum absolute atomic E-state index is 11.7. The van der Waals surface area contributed by atoms with Crippen LogP contribution in [-0.4, -0.2) is 12.1 Å². The van der Waals surface area contributed by atoms with Gasteiger partial charge in [0.25, 0.3) is 0 Å². The van der Waals surface area contributed by atoms with Crippen LogP contribution in [0.1, 0.15) is 41.5 Å². The minimum absolute atomic E-state index is 0.149. The predicted octanol–water partition coefficient (Wildman–Crippen LogP) is 4.46. The molecule has 0 heterocycles. The van der Waals surface area contributed by atoms with Crippen LogP contribution in [0.25, 0.3) is 0 Å². The van der Waals surface area contributed by atoms with Crippen molar-refractivity contribution >= 4 is 35.3 Å². The van der Waals surface area contributed by atoms with Crippen molar-refractivity contribution in [2.45, 2.75) is 41.5 Å². The van der Waals surface area contributed by atoms with Gasteiger partial charge in [0.05, 0.1) is 10.1 Å². The molecule has 0 saturated carbocycles. The average Bonchev–Trinajstić information content (AvgIpc) is 2.12. The molecule has 0 radical (unpaired) electrons. The molecule has 0 aromatic carbocycles. The van der Waals surface area contributed by atoms with Crippen LogP contribution in [0, 0.1) is 10.8 Å². The highest BCUT2D eigenvalue weighted by Gasteiger charge is 2.28. The highest BCUT2D eigenvalue weighted by Crippen LogP contribution is 2.36. The lowest BCUT2D eigenvalue weighted by Gasteiger charge is -2.22. The van der Waals surface area contributed by atoms with Crippen molar-refractivity contribution in [1.82, 2.24) is 0 Å². The summed E-state index contributed by atoms with van der Waals surface area (Å²) in [5.74, 6) is -0.632. The van der Waals surface area contributed by atoms with Gasteiger partial charge in [-0.25, -0.2) is 0 Å². The van der Waals surface area contributed by atoms with E-state index >= 15 is 0 Å². The molecule has 102 valence electrons. The smallest absolute Gasteiger partial charge is 0.223 e. The first-order chi connectivity index (χ1) is 7.90. The maximum Gasteiger partial charge on any atom is 0.223 e. The van der Waals surface area contributed by atoms with Gasteiger partial charge in [-0.3, -0.25) is 9.59 Å². The van der Waals surface area contributed by atoms with Crippen molar-refractivity contribution in [2.75, 3.05) is 0 Å². The standard InChI is InChI=1S/C14H20Cl2O2/c1-13(2,3)7-9(15)12(16)11(10(18)8-17)14(4,5)6/h7-8H,1-6H3. The van der Waals surface area contributed by atoms with Gasteiger partial charge in [0.2, 0.25) is 5.78 Å². The molecule has 0 aromatic rings. The minimum Gasteiger partial charge on any atom is -0.294 e. The molecule has 0 fully saturated rings. The minimum atomic E-state index is -0.632. The Hall–Kier alpha value is -0.600. The Kier molecular flexibility index (Phi) is 5.83. The fourth-order valence-electron chi connectivity index (χ4n) is 1.43. The summed E-state index contributed by atoms with van der Waals surface area (Å²) in [6.45, 7) is 11.3. The molecule has 0 unspecified atom stereocenters. The van der Waals surface area contributed by atoms with E-state index in [0.717, 1.165) is 0 Å². The van der Waals surface area contributed by atoms with Gasteiger partial charge < -0.3 is 0 Å². The Morgan fingerprint density at radius 2 is 1.44 bits per heavy atom. The monoisotopic (exact) mass is 290 g/mol. The number of allylic oxidation sites excluding steroid dienone is 4. The summed E-state index contributed by atoms with van der Waals surface area (Å²) in [5.41, 5.74) is -0.463. The Labute approximate surface area is 119 Å². The maximum atomic E-state index is 11.7. The third-order valence-corrected chi connectivity index (χ3v) is 2.88. The van der Waals surface area contributed by atoms with E-state index in [-0.39, 0.29) is 22.3 Å². The van der Waals surface area contributed by atoms with Gasteiger partial charge in [0.1, 0.15) is 0 Å². The lowest BCUT2D eigenvalue weighted by Crippen LogP contribution is -2.20. The summed E-state index contributed by atoms with van der Waals surface area (Å²) >= 11 is 12.3. The van der Waals surface area contributed by atoms with E-state index < -0.39 is 11.2 Å². The second kappa shape index (κ2) is 6.03. The van der Waals surface area contributed by atoms with Crippen molar-refractivity contribution in [3.63, 3.8) is 0 Å². The third-order valence-electron chi connectivity index (χ3n) is 2.09. The van der Waals surface area contributed by atoms with Gasteiger partial charge in [-0.1, -0.05) is 70.8 Å². The van der Waals surface area contributed by atoms with Crippen molar-refractivity contribution in [3.8, 4) is 0 Å². The number of ketones is 1. The molecule has 0 aliphatic carbocycles. The number of hydrogen-bond donors (Lipinski definition) is 0. The normalized spacial score (nSPS) is 15.2. The van der Waals surface area contributed by atoms with Gasteiger partial charge in [0, 0.05) is 5.57 Å². The lowest BCUT2D eigenvalue weighted by molar-refractivity contribution is -0.128. The number of aldehydes is 1. The van der Waals surface area contributed by atoms with Crippen molar-refractivity contribution in [2.24, 2.45) is 10.8 Å². The molecule has 2 nitrogen and oxygen atoms in total. The van der Waals surface area contributed by atoms with Crippen LogP contribution in [-0.2, 0) is 9.59 Å². The van der Waals surface area contributed by atoms with Gasteiger partial charge in [-0.05, 0) is 10.8 Å². The molecule has 0 bridgehead atoms. The number of halogens is 2. The molecule has 0 saturated heterocycles. The Bertz CT molecular complexity index is 404. The molecule has 0 aromatic heterocycles. The molecule has 0 rings (SSSR count). The van der Waals surface area contributed by atoms with Crippen molar-refractivity contribution in [3.05, 3.63) is 21.7 Å². The number of carbonyl (C=O) groups is 2. The molecule has 18 heavy (non-hydrogen) atoms. The van der Waals surface area contributed by atoms with E-state index in [1.807, 2.05) is 41.5 Å². The van der Waals surface area contributed by atoms with Crippen LogP contribution in [0.15, 0.2) is 21.7 Å². The summed E-state index contributed by atoms with van der Waals surface area (Å²) in [6.07, 6.45) is 2.03. The van der Waals surface area contributed by atoms with Crippen molar-refractivity contribution in [1.29, 1.82) is 0 Å². The Balaban J connectivity index is 5.85. The summed E-state index contributed by atoms with van der Waals surface area (Å²) in [5, 5.41) is 0.445. The number of rotatable bonds is 3. The van der Waals surface area contributed by atoms with Crippen LogP contribution >= 0.6 is 23.2 Å². The van der Waals surface area contributed by atoms with Crippen molar-refractivity contribution < 1.29 is 9.59 Å². The van der Waals surface area contributed by atoms with E-state index in [0.29, 0.717) is 5.03 Å². The highest BCUT2D eigenvalue weighted by atomic mass is 35.5. The van der Waals surface area contributed by atoms with E-state index in [4.69, 9.17) is 23.2 Å². The summed E-state index contributed by atoms with van der Waals surface area (Å²) in [6, 6.07) is 0. The number of hydrogen-bond acceptors (Lipinski definition) is 2. The summed E-state index contributed by atoms with van der Waals surface area (Å²) in [4.78, 5) is 22.4. The van der Waals surface area contributed by atoms with E-state index in [1.54, 1.807) is 6.08 Å².